The van der Waals surface area contributed by atoms with Gasteiger partial charge in [0.05, 0.1) is 10.5 Å². The lowest BCUT2D eigenvalue weighted by molar-refractivity contribution is 0.0211. The van der Waals surface area contributed by atoms with Crippen molar-refractivity contribution in [2.75, 3.05) is 0 Å². The number of carbonyl (C=O) groups is 1. The molecule has 21 heavy (non-hydrogen) atoms. The normalized spacial score (nSPS) is 16.7. The van der Waals surface area contributed by atoms with Gasteiger partial charge >= 0.3 is 5.97 Å². The molecule has 0 atom stereocenters. The topological polar surface area (TPSA) is 60.4 Å². The molecule has 1 aromatic rings. The van der Waals surface area contributed by atoms with Crippen LogP contribution in [0.4, 0.5) is 0 Å². The number of rotatable bonds is 4. The van der Waals surface area contributed by atoms with E-state index >= 15 is 0 Å². The first kappa shape index (κ1) is 16.3. The van der Waals surface area contributed by atoms with Crippen molar-refractivity contribution in [3.63, 3.8) is 0 Å². The summed E-state index contributed by atoms with van der Waals surface area (Å²) in [5.74, 6) is -0.480. The Labute approximate surface area is 129 Å². The highest BCUT2D eigenvalue weighted by Gasteiger charge is 2.21. The van der Waals surface area contributed by atoms with E-state index in [9.17, 15) is 13.2 Å². The zero-order valence-corrected chi connectivity index (χ0v) is 13.5. The average molecular weight is 331 g/mol. The van der Waals surface area contributed by atoms with Crippen LogP contribution in [-0.2, 0) is 20.2 Å². The van der Waals surface area contributed by atoms with Crippen LogP contribution in [0.15, 0.2) is 23.1 Å². The molecule has 1 saturated carbocycles. The second-order valence-corrected chi connectivity index (χ2v) is 7.81. The van der Waals surface area contributed by atoms with Gasteiger partial charge < -0.3 is 4.74 Å². The van der Waals surface area contributed by atoms with Crippen LogP contribution in [-0.4, -0.2) is 20.5 Å². The molecule has 4 nitrogen and oxygen atoms in total. The number of hydrogen-bond acceptors (Lipinski definition) is 4. The Morgan fingerprint density at radius 3 is 2.52 bits per heavy atom. The van der Waals surface area contributed by atoms with E-state index in [1.54, 1.807) is 12.1 Å². The number of halogens is 1. The largest absolute Gasteiger partial charge is 0.459 e. The van der Waals surface area contributed by atoms with Crippen molar-refractivity contribution < 1.29 is 17.9 Å². The predicted molar refractivity (Wildman–Crippen MR) is 81.1 cm³/mol. The Hall–Kier alpha value is -1.07. The summed E-state index contributed by atoms with van der Waals surface area (Å²) in [5.41, 5.74) is 0.830. The fourth-order valence-electron chi connectivity index (χ4n) is 2.60. The van der Waals surface area contributed by atoms with E-state index in [-0.39, 0.29) is 16.6 Å². The van der Waals surface area contributed by atoms with Crippen LogP contribution in [0, 0.1) is 0 Å². The summed E-state index contributed by atoms with van der Waals surface area (Å²) in [6.07, 6.45) is 5.52. The van der Waals surface area contributed by atoms with Crippen molar-refractivity contribution in [1.82, 2.24) is 0 Å². The maximum absolute atomic E-state index is 12.1. The van der Waals surface area contributed by atoms with Gasteiger partial charge in [-0.25, -0.2) is 13.2 Å². The third-order valence-corrected chi connectivity index (χ3v) is 5.18. The third-order valence-electron chi connectivity index (χ3n) is 3.77. The number of aryl methyl sites for hydroxylation is 1. The molecule has 0 bridgehead atoms. The van der Waals surface area contributed by atoms with Gasteiger partial charge in [-0.15, -0.1) is 0 Å². The molecule has 0 unspecified atom stereocenters. The molecule has 2 rings (SSSR count). The highest BCUT2D eigenvalue weighted by molar-refractivity contribution is 8.13. The molecule has 0 radical (unpaired) electrons. The summed E-state index contributed by atoms with van der Waals surface area (Å²) in [5, 5.41) is 0. The van der Waals surface area contributed by atoms with E-state index in [1.807, 2.05) is 6.92 Å². The molecule has 6 heteroatoms. The molecule has 0 saturated heterocycles. The lowest BCUT2D eigenvalue weighted by Gasteiger charge is -2.22. The van der Waals surface area contributed by atoms with E-state index in [0.717, 1.165) is 25.7 Å². The van der Waals surface area contributed by atoms with E-state index in [2.05, 4.69) is 0 Å². The lowest BCUT2D eigenvalue weighted by Crippen LogP contribution is -2.21. The number of hydrogen-bond donors (Lipinski definition) is 0. The SMILES string of the molecule is CCc1ccc(C(=O)OC2CCCCC2)cc1S(=O)(=O)Cl. The lowest BCUT2D eigenvalue weighted by atomic mass is 9.98. The van der Waals surface area contributed by atoms with Crippen molar-refractivity contribution in [3.8, 4) is 0 Å². The van der Waals surface area contributed by atoms with E-state index in [4.69, 9.17) is 15.4 Å². The van der Waals surface area contributed by atoms with Crippen LogP contribution in [0.5, 0.6) is 0 Å². The molecule has 0 spiro atoms. The van der Waals surface area contributed by atoms with Crippen LogP contribution < -0.4 is 0 Å². The van der Waals surface area contributed by atoms with Gasteiger partial charge in [-0.1, -0.05) is 19.4 Å². The summed E-state index contributed by atoms with van der Waals surface area (Å²) >= 11 is 0. The molecule has 0 heterocycles. The molecule has 0 aromatic heterocycles. The fourth-order valence-corrected chi connectivity index (χ4v) is 3.83. The summed E-state index contributed by atoms with van der Waals surface area (Å²) in [7, 11) is 1.56. The van der Waals surface area contributed by atoms with E-state index in [1.165, 1.54) is 12.5 Å². The first-order valence-electron chi connectivity index (χ1n) is 7.20. The number of carbonyl (C=O) groups excluding carboxylic acids is 1. The zero-order chi connectivity index (χ0) is 15.5. The molecule has 0 amide bonds. The van der Waals surface area contributed by atoms with Crippen LogP contribution in [0.1, 0.15) is 54.9 Å². The molecule has 1 aliphatic rings. The minimum absolute atomic E-state index is 0.00948. The molecular weight excluding hydrogens is 312 g/mol. The van der Waals surface area contributed by atoms with Gasteiger partial charge in [-0.2, -0.15) is 0 Å². The predicted octanol–water partition coefficient (Wildman–Crippen LogP) is 3.67. The van der Waals surface area contributed by atoms with Gasteiger partial charge in [0.2, 0.25) is 0 Å². The Kier molecular flexibility index (Phi) is 5.27. The van der Waals surface area contributed by atoms with Crippen LogP contribution in [0.2, 0.25) is 0 Å². The first-order valence-corrected chi connectivity index (χ1v) is 9.51. The maximum atomic E-state index is 12.1. The van der Waals surface area contributed by atoms with Gasteiger partial charge in [0.25, 0.3) is 9.05 Å². The number of ether oxygens (including phenoxy) is 1. The standard InChI is InChI=1S/C15H19ClO4S/c1-2-11-8-9-12(10-14(11)21(16,18)19)15(17)20-13-6-4-3-5-7-13/h8-10,13H,2-7H2,1H3. The Morgan fingerprint density at radius 1 is 1.29 bits per heavy atom. The van der Waals surface area contributed by atoms with Crippen molar-refractivity contribution in [2.24, 2.45) is 0 Å². The van der Waals surface area contributed by atoms with Crippen molar-refractivity contribution in [2.45, 2.75) is 56.4 Å². The number of benzene rings is 1. The Bertz CT molecular complexity index is 619. The van der Waals surface area contributed by atoms with Gasteiger partial charge in [-0.05, 0) is 49.8 Å². The fraction of sp³-hybridized carbons (Fsp3) is 0.533. The molecule has 1 aromatic carbocycles. The molecule has 0 N–H and O–H groups in total. The quantitative estimate of drug-likeness (QED) is 0.624. The first-order chi connectivity index (χ1) is 9.91. The molecule has 1 aliphatic carbocycles. The molecule has 0 aliphatic heterocycles. The van der Waals surface area contributed by atoms with Crippen LogP contribution in [0.25, 0.3) is 0 Å². The maximum Gasteiger partial charge on any atom is 0.338 e. The van der Waals surface area contributed by atoms with Crippen LogP contribution >= 0.6 is 10.7 Å². The van der Waals surface area contributed by atoms with E-state index in [0.29, 0.717) is 12.0 Å². The minimum Gasteiger partial charge on any atom is -0.459 e. The van der Waals surface area contributed by atoms with Crippen molar-refractivity contribution >= 4 is 25.7 Å². The smallest absolute Gasteiger partial charge is 0.338 e. The molecular formula is C15H19ClO4S. The van der Waals surface area contributed by atoms with E-state index < -0.39 is 15.0 Å². The Balaban J connectivity index is 2.21. The van der Waals surface area contributed by atoms with Crippen molar-refractivity contribution in [1.29, 1.82) is 0 Å². The summed E-state index contributed by atoms with van der Waals surface area (Å²) < 4.78 is 28.6. The third kappa shape index (κ3) is 4.20. The molecule has 116 valence electrons. The number of esters is 1. The average Bonchev–Trinajstić information content (AvgIpc) is 2.46. The Morgan fingerprint density at radius 2 is 1.95 bits per heavy atom. The highest BCUT2D eigenvalue weighted by Crippen LogP contribution is 2.25. The zero-order valence-electron chi connectivity index (χ0n) is 12.0. The second kappa shape index (κ2) is 6.79. The van der Waals surface area contributed by atoms with Crippen LogP contribution in [0.3, 0.4) is 0 Å². The van der Waals surface area contributed by atoms with Gasteiger partial charge in [0.1, 0.15) is 6.10 Å². The van der Waals surface area contributed by atoms with Gasteiger partial charge in [0.15, 0.2) is 0 Å². The monoisotopic (exact) mass is 330 g/mol. The highest BCUT2D eigenvalue weighted by atomic mass is 35.7. The summed E-state index contributed by atoms with van der Waals surface area (Å²) in [6.45, 7) is 1.83. The minimum atomic E-state index is -3.87. The summed E-state index contributed by atoms with van der Waals surface area (Å²) in [4.78, 5) is 12.1. The summed E-state index contributed by atoms with van der Waals surface area (Å²) in [6, 6.07) is 4.52. The molecule has 1 fully saturated rings. The van der Waals surface area contributed by atoms with Gasteiger partial charge in [0, 0.05) is 10.7 Å². The van der Waals surface area contributed by atoms with Gasteiger partial charge in [-0.3, -0.25) is 0 Å². The second-order valence-electron chi connectivity index (χ2n) is 5.28. The van der Waals surface area contributed by atoms with Crippen molar-refractivity contribution in [3.05, 3.63) is 29.3 Å².